The van der Waals surface area contributed by atoms with Gasteiger partial charge in [0.25, 0.3) is 11.8 Å². The Morgan fingerprint density at radius 2 is 1.79 bits per heavy atom. The van der Waals surface area contributed by atoms with Crippen LogP contribution in [0.4, 0.5) is 5.69 Å². The predicted octanol–water partition coefficient (Wildman–Crippen LogP) is 2.84. The number of hydrogen-bond acceptors (Lipinski definition) is 3. The fourth-order valence-corrected chi connectivity index (χ4v) is 2.44. The summed E-state index contributed by atoms with van der Waals surface area (Å²) >= 11 is 0. The molecule has 0 fully saturated rings. The number of carbonyl (C=O) groups is 2. The summed E-state index contributed by atoms with van der Waals surface area (Å²) in [6, 6.07) is 5.04. The van der Waals surface area contributed by atoms with Crippen LogP contribution in [-0.2, 0) is 0 Å². The molecule has 0 spiro atoms. The largest absolute Gasteiger partial charge is 0.398 e. The zero-order chi connectivity index (χ0) is 13.8. The van der Waals surface area contributed by atoms with Crippen molar-refractivity contribution in [2.45, 2.75) is 39.0 Å². The summed E-state index contributed by atoms with van der Waals surface area (Å²) in [6.07, 6.45) is 5.46. The van der Waals surface area contributed by atoms with Crippen LogP contribution < -0.4 is 5.73 Å². The van der Waals surface area contributed by atoms with Gasteiger partial charge in [0.05, 0.1) is 11.1 Å². The Labute approximate surface area is 113 Å². The lowest BCUT2D eigenvalue weighted by atomic mass is 10.1. The van der Waals surface area contributed by atoms with Gasteiger partial charge in [-0.25, -0.2) is 0 Å². The summed E-state index contributed by atoms with van der Waals surface area (Å²) < 4.78 is 0. The van der Waals surface area contributed by atoms with Crippen molar-refractivity contribution in [1.29, 1.82) is 0 Å². The highest BCUT2D eigenvalue weighted by Gasteiger charge is 2.36. The van der Waals surface area contributed by atoms with Gasteiger partial charge in [0.15, 0.2) is 0 Å². The molecule has 0 unspecified atom stereocenters. The Balaban J connectivity index is 2.00. The molecule has 1 aliphatic heterocycles. The Kier molecular flexibility index (Phi) is 4.20. The molecule has 0 bridgehead atoms. The van der Waals surface area contributed by atoms with Gasteiger partial charge in [-0.2, -0.15) is 0 Å². The average molecular weight is 260 g/mol. The first kappa shape index (κ1) is 13.6. The van der Waals surface area contributed by atoms with E-state index in [0.717, 1.165) is 19.3 Å². The monoisotopic (exact) mass is 260 g/mol. The van der Waals surface area contributed by atoms with E-state index < -0.39 is 0 Å². The smallest absolute Gasteiger partial charge is 0.263 e. The second kappa shape index (κ2) is 5.87. The van der Waals surface area contributed by atoms with Crippen LogP contribution in [0.25, 0.3) is 0 Å². The number of fused-ring (bicyclic) bond motifs is 1. The van der Waals surface area contributed by atoms with Gasteiger partial charge < -0.3 is 5.73 Å². The number of rotatable bonds is 6. The van der Waals surface area contributed by atoms with Crippen LogP contribution >= 0.6 is 0 Å². The lowest BCUT2D eigenvalue weighted by Crippen LogP contribution is -2.30. The number of nitrogens with zero attached hydrogens (tertiary/aromatic N) is 1. The van der Waals surface area contributed by atoms with Gasteiger partial charge in [0.1, 0.15) is 0 Å². The van der Waals surface area contributed by atoms with Crippen LogP contribution in [0.5, 0.6) is 0 Å². The first-order valence-electron chi connectivity index (χ1n) is 6.91. The fourth-order valence-electron chi connectivity index (χ4n) is 2.44. The normalized spacial score (nSPS) is 14.1. The molecule has 1 heterocycles. The molecule has 0 atom stereocenters. The Morgan fingerprint density at radius 1 is 1.05 bits per heavy atom. The van der Waals surface area contributed by atoms with E-state index in [1.807, 2.05) is 0 Å². The molecule has 0 aliphatic carbocycles. The molecule has 0 aromatic heterocycles. The van der Waals surface area contributed by atoms with Gasteiger partial charge in [-0.15, -0.1) is 0 Å². The topological polar surface area (TPSA) is 63.4 Å². The van der Waals surface area contributed by atoms with E-state index >= 15 is 0 Å². The van der Waals surface area contributed by atoms with Crippen LogP contribution in [0.3, 0.4) is 0 Å². The lowest BCUT2D eigenvalue weighted by Gasteiger charge is -2.13. The van der Waals surface area contributed by atoms with E-state index in [1.54, 1.807) is 18.2 Å². The maximum atomic E-state index is 12.2. The molecule has 19 heavy (non-hydrogen) atoms. The van der Waals surface area contributed by atoms with Crippen molar-refractivity contribution >= 4 is 17.5 Å². The van der Waals surface area contributed by atoms with E-state index in [1.165, 1.54) is 17.7 Å². The number of imide groups is 1. The van der Waals surface area contributed by atoms with Crippen LogP contribution in [-0.4, -0.2) is 23.3 Å². The quantitative estimate of drug-likeness (QED) is 0.486. The number of nitrogen functional groups attached to an aromatic ring is 1. The predicted molar refractivity (Wildman–Crippen MR) is 75.0 cm³/mol. The SMILES string of the molecule is CCCCCCCN1C(=O)c2cccc(N)c2C1=O. The highest BCUT2D eigenvalue weighted by molar-refractivity contribution is 6.23. The molecular formula is C15H20N2O2. The van der Waals surface area contributed by atoms with Gasteiger partial charge in [-0.05, 0) is 18.6 Å². The number of amides is 2. The van der Waals surface area contributed by atoms with Crippen molar-refractivity contribution < 1.29 is 9.59 Å². The van der Waals surface area contributed by atoms with Crippen LogP contribution in [0.2, 0.25) is 0 Å². The Bertz CT molecular complexity index is 497. The maximum absolute atomic E-state index is 12.2. The maximum Gasteiger partial charge on any atom is 0.263 e. The van der Waals surface area contributed by atoms with E-state index in [0.29, 0.717) is 23.4 Å². The first-order chi connectivity index (χ1) is 9.16. The van der Waals surface area contributed by atoms with Gasteiger partial charge in [-0.1, -0.05) is 38.7 Å². The zero-order valence-electron chi connectivity index (χ0n) is 11.3. The van der Waals surface area contributed by atoms with Crippen LogP contribution in [0.1, 0.15) is 59.7 Å². The molecule has 1 aromatic rings. The molecular weight excluding hydrogens is 240 g/mol. The van der Waals surface area contributed by atoms with Gasteiger partial charge >= 0.3 is 0 Å². The summed E-state index contributed by atoms with van der Waals surface area (Å²) in [4.78, 5) is 25.6. The summed E-state index contributed by atoms with van der Waals surface area (Å²) in [7, 11) is 0. The van der Waals surface area contributed by atoms with E-state index in [4.69, 9.17) is 5.73 Å². The molecule has 1 aromatic carbocycles. The van der Waals surface area contributed by atoms with E-state index in [9.17, 15) is 9.59 Å². The molecule has 0 saturated heterocycles. The number of hydrogen-bond donors (Lipinski definition) is 1. The second-order valence-corrected chi connectivity index (χ2v) is 4.95. The van der Waals surface area contributed by atoms with Crippen molar-refractivity contribution in [2.24, 2.45) is 0 Å². The van der Waals surface area contributed by atoms with Crippen molar-refractivity contribution in [3.05, 3.63) is 29.3 Å². The molecule has 2 rings (SSSR count). The highest BCUT2D eigenvalue weighted by atomic mass is 16.2. The third kappa shape index (κ3) is 2.62. The molecule has 102 valence electrons. The molecule has 4 heteroatoms. The Hall–Kier alpha value is -1.84. The van der Waals surface area contributed by atoms with E-state index in [2.05, 4.69) is 6.92 Å². The lowest BCUT2D eigenvalue weighted by molar-refractivity contribution is 0.0652. The minimum Gasteiger partial charge on any atom is -0.398 e. The summed E-state index contributed by atoms with van der Waals surface area (Å²) in [5.41, 5.74) is 6.99. The van der Waals surface area contributed by atoms with Gasteiger partial charge in [0, 0.05) is 12.2 Å². The standard InChI is InChI=1S/C15H20N2O2/c1-2-3-4-5-6-10-17-14(18)11-8-7-9-12(16)13(11)15(17)19/h7-9H,2-6,10,16H2,1H3. The summed E-state index contributed by atoms with van der Waals surface area (Å²) in [5.74, 6) is -0.448. The molecule has 2 amide bonds. The zero-order valence-corrected chi connectivity index (χ0v) is 11.3. The highest BCUT2D eigenvalue weighted by Crippen LogP contribution is 2.27. The second-order valence-electron chi connectivity index (χ2n) is 4.95. The van der Waals surface area contributed by atoms with E-state index in [-0.39, 0.29) is 11.8 Å². The molecule has 4 nitrogen and oxygen atoms in total. The summed E-state index contributed by atoms with van der Waals surface area (Å²) in [5, 5.41) is 0. The number of unbranched alkanes of at least 4 members (excludes halogenated alkanes) is 4. The third-order valence-corrected chi connectivity index (χ3v) is 3.52. The average Bonchev–Trinajstić information content (AvgIpc) is 2.64. The number of benzene rings is 1. The molecule has 1 aliphatic rings. The number of anilines is 1. The number of carbonyl (C=O) groups excluding carboxylic acids is 2. The van der Waals surface area contributed by atoms with Gasteiger partial charge in [-0.3, -0.25) is 14.5 Å². The third-order valence-electron chi connectivity index (χ3n) is 3.52. The minimum atomic E-state index is -0.242. The molecule has 0 radical (unpaired) electrons. The van der Waals surface area contributed by atoms with Crippen molar-refractivity contribution in [3.8, 4) is 0 Å². The van der Waals surface area contributed by atoms with Crippen molar-refractivity contribution in [2.75, 3.05) is 12.3 Å². The fraction of sp³-hybridized carbons (Fsp3) is 0.467. The molecule has 0 saturated carbocycles. The number of nitrogens with two attached hydrogens (primary N) is 1. The van der Waals surface area contributed by atoms with Crippen molar-refractivity contribution in [3.63, 3.8) is 0 Å². The summed E-state index contributed by atoms with van der Waals surface area (Å²) in [6.45, 7) is 2.66. The van der Waals surface area contributed by atoms with Gasteiger partial charge in [0.2, 0.25) is 0 Å². The van der Waals surface area contributed by atoms with Crippen LogP contribution in [0, 0.1) is 0 Å². The van der Waals surface area contributed by atoms with Crippen LogP contribution in [0.15, 0.2) is 18.2 Å². The Morgan fingerprint density at radius 3 is 2.47 bits per heavy atom. The first-order valence-corrected chi connectivity index (χ1v) is 6.91. The minimum absolute atomic E-state index is 0.206. The molecule has 2 N–H and O–H groups in total. The van der Waals surface area contributed by atoms with Crippen molar-refractivity contribution in [1.82, 2.24) is 4.90 Å².